The topological polar surface area (TPSA) is 50.7 Å². The molecule has 0 bridgehead atoms. The third kappa shape index (κ3) is 3.23. The first-order valence-corrected chi connectivity index (χ1v) is 6.31. The molecule has 0 aliphatic heterocycles. The summed E-state index contributed by atoms with van der Waals surface area (Å²) in [6.45, 7) is 7.40. The van der Waals surface area contributed by atoms with Crippen LogP contribution < -0.4 is 5.32 Å². The van der Waals surface area contributed by atoms with E-state index in [4.69, 9.17) is 0 Å². The second kappa shape index (κ2) is 4.79. The summed E-state index contributed by atoms with van der Waals surface area (Å²) in [4.78, 5) is 0. The molecule has 5 heteroatoms. The van der Waals surface area contributed by atoms with Crippen LogP contribution in [0.1, 0.15) is 31.9 Å². The van der Waals surface area contributed by atoms with Gasteiger partial charge in [0.15, 0.2) is 0 Å². The monoisotopic (exact) mass is 248 g/mol. The van der Waals surface area contributed by atoms with Crippen molar-refractivity contribution in [2.75, 3.05) is 5.32 Å². The third-order valence-electron chi connectivity index (χ3n) is 2.56. The number of hydrogen-bond acceptors (Lipinski definition) is 5. The molecule has 1 aromatic carbocycles. The smallest absolute Gasteiger partial charge is 0.225 e. The molecule has 0 spiro atoms. The Bertz CT molecular complexity index is 456. The number of nitrogens with zero attached hydrogens (tertiary/aromatic N) is 3. The average Bonchev–Trinajstić information content (AvgIpc) is 2.78. The van der Waals surface area contributed by atoms with Crippen molar-refractivity contribution in [3.05, 3.63) is 35.4 Å². The lowest BCUT2D eigenvalue weighted by atomic mass is 9.87. The standard InChI is InChI=1S/C12H16N4S/c1-12(2,3)10-6-4-9(5-7-10)8-13-11-14-15-16-17-11/h4-7H,8H2,1-3H3,(H,13,14,16). The summed E-state index contributed by atoms with van der Waals surface area (Å²) in [6, 6.07) is 8.63. The van der Waals surface area contributed by atoms with E-state index in [2.05, 4.69) is 65.2 Å². The fourth-order valence-corrected chi connectivity index (χ4v) is 1.86. The molecule has 0 saturated carbocycles. The molecule has 0 aliphatic carbocycles. The third-order valence-corrected chi connectivity index (χ3v) is 3.12. The van der Waals surface area contributed by atoms with Gasteiger partial charge in [-0.3, -0.25) is 0 Å². The van der Waals surface area contributed by atoms with Crippen LogP contribution in [0.25, 0.3) is 0 Å². The second-order valence-electron chi connectivity index (χ2n) is 4.97. The molecule has 0 saturated heterocycles. The van der Waals surface area contributed by atoms with Gasteiger partial charge in [0.05, 0.1) is 0 Å². The van der Waals surface area contributed by atoms with Crippen molar-refractivity contribution in [1.29, 1.82) is 0 Å². The van der Waals surface area contributed by atoms with Gasteiger partial charge in [0.1, 0.15) is 0 Å². The Morgan fingerprint density at radius 1 is 1.18 bits per heavy atom. The molecule has 1 heterocycles. The summed E-state index contributed by atoms with van der Waals surface area (Å²) >= 11 is 1.27. The Balaban J connectivity index is 1.99. The van der Waals surface area contributed by atoms with E-state index in [1.54, 1.807) is 0 Å². The first-order chi connectivity index (χ1) is 8.05. The van der Waals surface area contributed by atoms with E-state index in [1.807, 2.05) is 0 Å². The zero-order chi connectivity index (χ0) is 12.3. The van der Waals surface area contributed by atoms with E-state index in [0.29, 0.717) is 0 Å². The van der Waals surface area contributed by atoms with Crippen LogP contribution in [0.4, 0.5) is 5.13 Å². The molecule has 1 N–H and O–H groups in total. The summed E-state index contributed by atoms with van der Waals surface area (Å²) in [5.74, 6) is 0. The van der Waals surface area contributed by atoms with Crippen LogP contribution in [-0.2, 0) is 12.0 Å². The van der Waals surface area contributed by atoms with Crippen molar-refractivity contribution >= 4 is 16.7 Å². The quantitative estimate of drug-likeness (QED) is 0.907. The molecular formula is C12H16N4S. The van der Waals surface area contributed by atoms with E-state index < -0.39 is 0 Å². The molecule has 0 unspecified atom stereocenters. The van der Waals surface area contributed by atoms with Gasteiger partial charge >= 0.3 is 0 Å². The minimum atomic E-state index is 0.203. The van der Waals surface area contributed by atoms with E-state index in [9.17, 15) is 0 Å². The largest absolute Gasteiger partial charge is 0.355 e. The highest BCUT2D eigenvalue weighted by Gasteiger charge is 2.12. The average molecular weight is 248 g/mol. The van der Waals surface area contributed by atoms with E-state index in [0.717, 1.165) is 11.7 Å². The zero-order valence-corrected chi connectivity index (χ0v) is 11.1. The maximum atomic E-state index is 3.83. The van der Waals surface area contributed by atoms with Crippen LogP contribution in [0.3, 0.4) is 0 Å². The number of nitrogens with one attached hydrogen (secondary N) is 1. The van der Waals surface area contributed by atoms with Crippen LogP contribution in [0.2, 0.25) is 0 Å². The van der Waals surface area contributed by atoms with Crippen LogP contribution >= 0.6 is 11.5 Å². The lowest BCUT2D eigenvalue weighted by molar-refractivity contribution is 0.590. The Hall–Kier alpha value is -1.49. The van der Waals surface area contributed by atoms with Gasteiger partial charge in [0.25, 0.3) is 0 Å². The molecule has 0 aliphatic rings. The molecule has 90 valence electrons. The first-order valence-electron chi connectivity index (χ1n) is 5.54. The molecule has 0 amide bonds. The number of hydrogen-bond donors (Lipinski definition) is 1. The molecule has 0 radical (unpaired) electrons. The van der Waals surface area contributed by atoms with Crippen molar-refractivity contribution in [2.24, 2.45) is 0 Å². The van der Waals surface area contributed by atoms with Gasteiger partial charge in [-0.15, -0.1) is 0 Å². The summed E-state index contributed by atoms with van der Waals surface area (Å²) in [7, 11) is 0. The van der Waals surface area contributed by atoms with Crippen LogP contribution in [0, 0.1) is 0 Å². The Labute approximate surface area is 105 Å². The molecular weight excluding hydrogens is 232 g/mol. The molecule has 2 aromatic rings. The molecule has 2 rings (SSSR count). The summed E-state index contributed by atoms with van der Waals surface area (Å²) in [5.41, 5.74) is 2.78. The predicted octanol–water partition coefficient (Wildman–Crippen LogP) is 2.84. The van der Waals surface area contributed by atoms with Gasteiger partial charge in [-0.05, 0) is 21.8 Å². The fourth-order valence-electron chi connectivity index (χ4n) is 1.50. The highest BCUT2D eigenvalue weighted by Crippen LogP contribution is 2.22. The molecule has 4 nitrogen and oxygen atoms in total. The molecule has 1 aromatic heterocycles. The summed E-state index contributed by atoms with van der Waals surface area (Å²) < 4.78 is 3.70. The highest BCUT2D eigenvalue weighted by molar-refractivity contribution is 7.09. The van der Waals surface area contributed by atoms with Crippen molar-refractivity contribution in [2.45, 2.75) is 32.7 Å². The maximum absolute atomic E-state index is 3.83. The number of anilines is 1. The maximum Gasteiger partial charge on any atom is 0.225 e. The lowest BCUT2D eigenvalue weighted by Gasteiger charge is -2.19. The zero-order valence-electron chi connectivity index (χ0n) is 10.3. The van der Waals surface area contributed by atoms with E-state index >= 15 is 0 Å². The van der Waals surface area contributed by atoms with Crippen LogP contribution in [0.15, 0.2) is 24.3 Å². The van der Waals surface area contributed by atoms with E-state index in [1.165, 1.54) is 22.7 Å². The Kier molecular flexibility index (Phi) is 3.38. The Morgan fingerprint density at radius 2 is 1.88 bits per heavy atom. The summed E-state index contributed by atoms with van der Waals surface area (Å²) in [6.07, 6.45) is 0. The molecule has 0 atom stereocenters. The number of rotatable bonds is 3. The van der Waals surface area contributed by atoms with Gasteiger partial charge in [0, 0.05) is 18.1 Å². The fraction of sp³-hybridized carbons (Fsp3) is 0.417. The van der Waals surface area contributed by atoms with Crippen molar-refractivity contribution in [3.63, 3.8) is 0 Å². The Morgan fingerprint density at radius 3 is 2.41 bits per heavy atom. The number of aromatic nitrogens is 3. The van der Waals surface area contributed by atoms with Crippen molar-refractivity contribution in [3.8, 4) is 0 Å². The van der Waals surface area contributed by atoms with Gasteiger partial charge in [0.2, 0.25) is 5.13 Å². The van der Waals surface area contributed by atoms with Crippen LogP contribution in [-0.4, -0.2) is 14.8 Å². The van der Waals surface area contributed by atoms with Gasteiger partial charge < -0.3 is 5.32 Å². The van der Waals surface area contributed by atoms with E-state index in [-0.39, 0.29) is 5.41 Å². The molecule has 17 heavy (non-hydrogen) atoms. The predicted molar refractivity (Wildman–Crippen MR) is 70.2 cm³/mol. The SMILES string of the molecule is CC(C)(C)c1ccc(CNc2nnns2)cc1. The minimum Gasteiger partial charge on any atom is -0.355 e. The van der Waals surface area contributed by atoms with Gasteiger partial charge in [-0.2, -0.15) is 0 Å². The summed E-state index contributed by atoms with van der Waals surface area (Å²) in [5, 5.41) is 11.3. The minimum absolute atomic E-state index is 0.203. The molecule has 0 fully saturated rings. The van der Waals surface area contributed by atoms with Gasteiger partial charge in [-0.1, -0.05) is 54.6 Å². The van der Waals surface area contributed by atoms with Crippen molar-refractivity contribution < 1.29 is 0 Å². The highest BCUT2D eigenvalue weighted by atomic mass is 32.1. The first kappa shape index (κ1) is 12.0. The number of benzene rings is 1. The van der Waals surface area contributed by atoms with Crippen LogP contribution in [0.5, 0.6) is 0 Å². The lowest BCUT2D eigenvalue weighted by Crippen LogP contribution is -2.11. The van der Waals surface area contributed by atoms with Crippen molar-refractivity contribution in [1.82, 2.24) is 14.8 Å². The normalized spacial score (nSPS) is 11.5. The van der Waals surface area contributed by atoms with Gasteiger partial charge in [-0.25, -0.2) is 0 Å². The second-order valence-corrected chi connectivity index (χ2v) is 5.70.